The van der Waals surface area contributed by atoms with E-state index in [1.54, 1.807) is 18.0 Å². The van der Waals surface area contributed by atoms with Gasteiger partial charge < -0.3 is 14.6 Å². The molecule has 1 aliphatic rings. The van der Waals surface area contributed by atoms with E-state index in [4.69, 9.17) is 4.42 Å². The van der Waals surface area contributed by atoms with Gasteiger partial charge in [0.2, 0.25) is 5.91 Å². The molecule has 148 valence electrons. The zero-order valence-corrected chi connectivity index (χ0v) is 15.9. The predicted molar refractivity (Wildman–Crippen MR) is 105 cm³/mol. The van der Waals surface area contributed by atoms with Gasteiger partial charge in [0.1, 0.15) is 5.82 Å². The molecule has 4 rings (SSSR count). The second-order valence-corrected chi connectivity index (χ2v) is 7.01. The summed E-state index contributed by atoms with van der Waals surface area (Å²) in [4.78, 5) is 30.7. The number of benzene rings is 2. The van der Waals surface area contributed by atoms with E-state index in [9.17, 15) is 14.0 Å². The highest BCUT2D eigenvalue weighted by molar-refractivity contribution is 5.97. The molecule has 0 aliphatic heterocycles. The number of oxazole rings is 1. The molecule has 2 aromatic carbocycles. The van der Waals surface area contributed by atoms with Crippen molar-refractivity contribution in [3.8, 4) is 11.3 Å². The Bertz CT molecular complexity index is 1050. The van der Waals surface area contributed by atoms with Crippen molar-refractivity contribution in [2.75, 3.05) is 20.1 Å². The number of rotatable bonds is 6. The summed E-state index contributed by atoms with van der Waals surface area (Å²) in [5.74, 6) is -0.696. The van der Waals surface area contributed by atoms with Crippen LogP contribution in [0.3, 0.4) is 0 Å². The van der Waals surface area contributed by atoms with Crippen LogP contribution in [0.4, 0.5) is 4.39 Å². The highest BCUT2D eigenvalue weighted by Gasteiger charge is 2.34. The molecule has 1 aromatic heterocycles. The Balaban J connectivity index is 1.32. The van der Waals surface area contributed by atoms with Gasteiger partial charge in [0, 0.05) is 25.7 Å². The maximum Gasteiger partial charge on any atom is 0.273 e. The summed E-state index contributed by atoms with van der Waals surface area (Å²) < 4.78 is 18.8. The molecule has 0 saturated heterocycles. The fourth-order valence-corrected chi connectivity index (χ4v) is 3.49. The molecule has 29 heavy (non-hydrogen) atoms. The number of halogens is 1. The van der Waals surface area contributed by atoms with E-state index in [1.165, 1.54) is 18.5 Å². The molecule has 2 amide bonds. The molecule has 0 fully saturated rings. The molecule has 1 atom stereocenters. The standard InChI is InChI=1S/C22H20FN3O3/c1-26(22(28)18-11-15-7-8-16(23)12-17(15)18)10-9-24-21(27)19-20(29-13-25-19)14-5-3-2-4-6-14/h2-8,12-13,18H,9-11H2,1H3,(H,24,27). The van der Waals surface area contributed by atoms with Crippen molar-refractivity contribution in [3.05, 3.63) is 77.6 Å². The van der Waals surface area contributed by atoms with Crippen molar-refractivity contribution < 1.29 is 18.4 Å². The lowest BCUT2D eigenvalue weighted by molar-refractivity contribution is -0.132. The Hall–Kier alpha value is -3.48. The molecule has 0 saturated carbocycles. The smallest absolute Gasteiger partial charge is 0.273 e. The Labute approximate surface area is 167 Å². The Morgan fingerprint density at radius 3 is 2.83 bits per heavy atom. The minimum Gasteiger partial charge on any atom is -0.443 e. The van der Waals surface area contributed by atoms with E-state index in [0.717, 1.165) is 16.7 Å². The van der Waals surface area contributed by atoms with Crippen LogP contribution in [-0.2, 0) is 11.2 Å². The average Bonchev–Trinajstić information content (AvgIpc) is 3.21. The molecule has 0 spiro atoms. The number of nitrogens with one attached hydrogen (secondary N) is 1. The second-order valence-electron chi connectivity index (χ2n) is 7.01. The van der Waals surface area contributed by atoms with E-state index in [2.05, 4.69) is 10.3 Å². The minimum atomic E-state index is -0.366. The van der Waals surface area contributed by atoms with Crippen LogP contribution in [0.15, 0.2) is 59.3 Å². The number of likely N-dealkylation sites (N-methyl/N-ethyl adjacent to an activating group) is 1. The van der Waals surface area contributed by atoms with Gasteiger partial charge in [0.15, 0.2) is 17.8 Å². The van der Waals surface area contributed by atoms with Crippen molar-refractivity contribution in [3.63, 3.8) is 0 Å². The van der Waals surface area contributed by atoms with Gasteiger partial charge in [-0.15, -0.1) is 0 Å². The van der Waals surface area contributed by atoms with Crippen molar-refractivity contribution in [2.24, 2.45) is 0 Å². The third-order valence-corrected chi connectivity index (χ3v) is 5.13. The van der Waals surface area contributed by atoms with Gasteiger partial charge in [-0.2, -0.15) is 0 Å². The molecule has 0 radical (unpaired) electrons. The SMILES string of the molecule is CN(CCNC(=O)c1ncoc1-c1ccccc1)C(=O)C1Cc2ccc(F)cc21. The fraction of sp³-hybridized carbons (Fsp3) is 0.227. The van der Waals surface area contributed by atoms with E-state index in [-0.39, 0.29) is 35.8 Å². The molecule has 0 bridgehead atoms. The summed E-state index contributed by atoms with van der Waals surface area (Å²) >= 11 is 0. The lowest BCUT2D eigenvalue weighted by Gasteiger charge is -2.32. The largest absolute Gasteiger partial charge is 0.443 e. The number of fused-ring (bicyclic) bond motifs is 1. The molecular weight excluding hydrogens is 373 g/mol. The maximum absolute atomic E-state index is 13.4. The third-order valence-electron chi connectivity index (χ3n) is 5.13. The van der Waals surface area contributed by atoms with Gasteiger partial charge in [-0.05, 0) is 29.7 Å². The number of nitrogens with zero attached hydrogens (tertiary/aromatic N) is 2. The van der Waals surface area contributed by atoms with E-state index in [1.807, 2.05) is 30.3 Å². The lowest BCUT2D eigenvalue weighted by Crippen LogP contribution is -2.41. The molecule has 7 heteroatoms. The van der Waals surface area contributed by atoms with Crippen molar-refractivity contribution in [2.45, 2.75) is 12.3 Å². The first-order valence-electron chi connectivity index (χ1n) is 9.35. The first-order valence-corrected chi connectivity index (χ1v) is 9.35. The summed E-state index contributed by atoms with van der Waals surface area (Å²) in [6.07, 6.45) is 1.85. The summed E-state index contributed by atoms with van der Waals surface area (Å²) in [7, 11) is 1.68. The second kappa shape index (κ2) is 7.87. The van der Waals surface area contributed by atoms with Gasteiger partial charge >= 0.3 is 0 Å². The van der Waals surface area contributed by atoms with Crippen molar-refractivity contribution >= 4 is 11.8 Å². The topological polar surface area (TPSA) is 75.4 Å². The minimum absolute atomic E-state index is 0.0799. The monoisotopic (exact) mass is 393 g/mol. The van der Waals surface area contributed by atoms with Gasteiger partial charge in [-0.1, -0.05) is 36.4 Å². The van der Waals surface area contributed by atoms with Crippen LogP contribution in [0, 0.1) is 5.82 Å². The lowest BCUT2D eigenvalue weighted by atomic mass is 9.77. The van der Waals surface area contributed by atoms with Crippen LogP contribution < -0.4 is 5.32 Å². The van der Waals surface area contributed by atoms with Gasteiger partial charge in [0.05, 0.1) is 5.92 Å². The highest BCUT2D eigenvalue weighted by atomic mass is 19.1. The molecule has 6 nitrogen and oxygen atoms in total. The molecule has 1 heterocycles. The number of amides is 2. The first-order chi connectivity index (χ1) is 14.0. The maximum atomic E-state index is 13.4. The van der Waals surface area contributed by atoms with Crippen LogP contribution in [0.25, 0.3) is 11.3 Å². The third kappa shape index (κ3) is 3.76. The molecule has 1 N–H and O–H groups in total. The quantitative estimate of drug-likeness (QED) is 0.699. The van der Waals surface area contributed by atoms with Crippen LogP contribution in [0.5, 0.6) is 0 Å². The number of aromatic nitrogens is 1. The number of carbonyl (C=O) groups is 2. The van der Waals surface area contributed by atoms with Crippen LogP contribution in [0.1, 0.15) is 27.5 Å². The normalized spacial score (nSPS) is 14.6. The molecular formula is C22H20FN3O3. The van der Waals surface area contributed by atoms with Crippen LogP contribution in [-0.4, -0.2) is 41.8 Å². The van der Waals surface area contributed by atoms with Crippen LogP contribution >= 0.6 is 0 Å². The first kappa shape index (κ1) is 18.9. The van der Waals surface area contributed by atoms with E-state index >= 15 is 0 Å². The summed E-state index contributed by atoms with van der Waals surface area (Å²) in [6.45, 7) is 0.606. The van der Waals surface area contributed by atoms with Crippen molar-refractivity contribution in [1.82, 2.24) is 15.2 Å². The zero-order valence-electron chi connectivity index (χ0n) is 15.9. The molecule has 3 aromatic rings. The van der Waals surface area contributed by atoms with Crippen molar-refractivity contribution in [1.29, 1.82) is 0 Å². The summed E-state index contributed by atoms with van der Waals surface area (Å²) in [6, 6.07) is 13.8. The van der Waals surface area contributed by atoms with Gasteiger partial charge in [-0.3, -0.25) is 9.59 Å². The Kier molecular flexibility index (Phi) is 5.12. The Morgan fingerprint density at radius 2 is 2.03 bits per heavy atom. The fourth-order valence-electron chi connectivity index (χ4n) is 3.49. The highest BCUT2D eigenvalue weighted by Crippen LogP contribution is 2.36. The molecule has 1 aliphatic carbocycles. The predicted octanol–water partition coefficient (Wildman–Crippen LogP) is 3.01. The summed E-state index contributed by atoms with van der Waals surface area (Å²) in [5, 5.41) is 2.77. The van der Waals surface area contributed by atoms with E-state index in [0.29, 0.717) is 18.7 Å². The Morgan fingerprint density at radius 1 is 1.24 bits per heavy atom. The molecule has 1 unspecified atom stereocenters. The average molecular weight is 393 g/mol. The van der Waals surface area contributed by atoms with Gasteiger partial charge in [-0.25, -0.2) is 9.37 Å². The van der Waals surface area contributed by atoms with E-state index < -0.39 is 0 Å². The number of hydrogen-bond acceptors (Lipinski definition) is 4. The van der Waals surface area contributed by atoms with Gasteiger partial charge in [0.25, 0.3) is 5.91 Å². The number of hydrogen-bond donors (Lipinski definition) is 1. The zero-order chi connectivity index (χ0) is 20.4. The number of carbonyl (C=O) groups excluding carboxylic acids is 2. The van der Waals surface area contributed by atoms with Crippen LogP contribution in [0.2, 0.25) is 0 Å². The summed E-state index contributed by atoms with van der Waals surface area (Å²) in [5.41, 5.74) is 2.72.